The minimum atomic E-state index is -0.604. The molecule has 1 amide bonds. The number of aromatic nitrogens is 1. The molecule has 1 aromatic rings. The topological polar surface area (TPSA) is 42.4 Å². The van der Waals surface area contributed by atoms with Gasteiger partial charge in [-0.15, -0.1) is 0 Å². The minimum Gasteiger partial charge on any atom is -0.381 e. The lowest BCUT2D eigenvalue weighted by molar-refractivity contribution is 0.0762. The average Bonchev–Trinajstić information content (AvgIpc) is 2.87. The molecule has 0 aromatic carbocycles. The summed E-state index contributed by atoms with van der Waals surface area (Å²) in [5.41, 5.74) is 0.408. The van der Waals surface area contributed by atoms with Crippen LogP contribution in [0.15, 0.2) is 16.7 Å². The summed E-state index contributed by atoms with van der Waals surface area (Å²) in [5, 5.41) is 0. The Morgan fingerprint density at radius 3 is 3.16 bits per heavy atom. The zero-order chi connectivity index (χ0) is 13.8. The molecule has 2 rings (SSSR count). The van der Waals surface area contributed by atoms with Crippen LogP contribution in [-0.2, 0) is 4.74 Å². The lowest BCUT2D eigenvalue weighted by Gasteiger charge is -2.16. The number of halogens is 2. The van der Waals surface area contributed by atoms with Crippen molar-refractivity contribution in [1.82, 2.24) is 9.88 Å². The van der Waals surface area contributed by atoms with Crippen LogP contribution in [0, 0.1) is 11.9 Å². The molecule has 1 aliphatic rings. The van der Waals surface area contributed by atoms with E-state index in [1.807, 2.05) is 6.92 Å². The highest BCUT2D eigenvalue weighted by Gasteiger charge is 2.27. The minimum absolute atomic E-state index is 0.104. The molecule has 104 valence electrons. The second-order valence-corrected chi connectivity index (χ2v) is 5.42. The van der Waals surface area contributed by atoms with E-state index in [0.717, 1.165) is 6.42 Å². The van der Waals surface area contributed by atoms with Crippen LogP contribution in [0.3, 0.4) is 0 Å². The maximum absolute atomic E-state index is 13.0. The van der Waals surface area contributed by atoms with E-state index in [-0.39, 0.29) is 10.4 Å². The average molecular weight is 331 g/mol. The van der Waals surface area contributed by atoms with Gasteiger partial charge in [-0.05, 0) is 35.3 Å². The maximum atomic E-state index is 13.0. The molecule has 6 heteroatoms. The number of likely N-dealkylation sites (tertiary alicyclic amines) is 1. The smallest absolute Gasteiger partial charge is 0.255 e. The summed E-state index contributed by atoms with van der Waals surface area (Å²) >= 11 is 3.04. The van der Waals surface area contributed by atoms with Crippen LogP contribution in [0.4, 0.5) is 4.39 Å². The number of pyridine rings is 1. The first-order valence-electron chi connectivity index (χ1n) is 6.30. The number of hydrogen-bond donors (Lipinski definition) is 0. The second-order valence-electron chi connectivity index (χ2n) is 4.56. The Balaban J connectivity index is 1.99. The summed E-state index contributed by atoms with van der Waals surface area (Å²) in [7, 11) is 0. The summed E-state index contributed by atoms with van der Waals surface area (Å²) in [6, 6.07) is 1.47. The highest BCUT2D eigenvalue weighted by Crippen LogP contribution is 2.21. The van der Waals surface area contributed by atoms with Crippen molar-refractivity contribution in [2.45, 2.75) is 13.3 Å². The van der Waals surface area contributed by atoms with Crippen molar-refractivity contribution >= 4 is 21.8 Å². The van der Waals surface area contributed by atoms with E-state index in [0.29, 0.717) is 37.8 Å². The molecule has 1 aliphatic heterocycles. The Morgan fingerprint density at radius 2 is 2.47 bits per heavy atom. The van der Waals surface area contributed by atoms with Crippen LogP contribution in [0.2, 0.25) is 0 Å². The number of rotatable bonds is 4. The molecule has 1 atom stereocenters. The molecule has 0 aliphatic carbocycles. The van der Waals surface area contributed by atoms with Crippen LogP contribution >= 0.6 is 15.9 Å². The molecule has 0 spiro atoms. The summed E-state index contributed by atoms with van der Waals surface area (Å²) in [4.78, 5) is 17.6. The van der Waals surface area contributed by atoms with Gasteiger partial charge in [-0.2, -0.15) is 4.39 Å². The molecule has 1 fully saturated rings. The quantitative estimate of drug-likeness (QED) is 0.796. The van der Waals surface area contributed by atoms with Gasteiger partial charge in [0.2, 0.25) is 5.95 Å². The lowest BCUT2D eigenvalue weighted by Crippen LogP contribution is -2.29. The van der Waals surface area contributed by atoms with Gasteiger partial charge >= 0.3 is 0 Å². The van der Waals surface area contributed by atoms with Crippen molar-refractivity contribution in [1.29, 1.82) is 0 Å². The largest absolute Gasteiger partial charge is 0.381 e. The third kappa shape index (κ3) is 3.51. The second kappa shape index (κ2) is 6.43. The molecule has 1 saturated heterocycles. The van der Waals surface area contributed by atoms with Gasteiger partial charge in [0.1, 0.15) is 0 Å². The Kier molecular flexibility index (Phi) is 4.87. The lowest BCUT2D eigenvalue weighted by atomic mass is 10.1. The van der Waals surface area contributed by atoms with E-state index in [2.05, 4.69) is 20.9 Å². The third-order valence-corrected chi connectivity index (χ3v) is 3.73. The van der Waals surface area contributed by atoms with Crippen molar-refractivity contribution < 1.29 is 13.9 Å². The summed E-state index contributed by atoms with van der Waals surface area (Å²) in [5.74, 6) is -0.319. The molecule has 19 heavy (non-hydrogen) atoms. The van der Waals surface area contributed by atoms with Crippen molar-refractivity contribution in [3.63, 3.8) is 0 Å². The van der Waals surface area contributed by atoms with Crippen LogP contribution in [0.1, 0.15) is 23.7 Å². The van der Waals surface area contributed by atoms with Crippen molar-refractivity contribution in [3.05, 3.63) is 28.2 Å². The van der Waals surface area contributed by atoms with Crippen LogP contribution in [-0.4, -0.2) is 42.1 Å². The van der Waals surface area contributed by atoms with Gasteiger partial charge in [0.05, 0.1) is 16.6 Å². The highest BCUT2D eigenvalue weighted by atomic mass is 79.9. The van der Waals surface area contributed by atoms with E-state index in [1.54, 1.807) is 4.90 Å². The molecule has 0 unspecified atom stereocenters. The van der Waals surface area contributed by atoms with Crippen LogP contribution < -0.4 is 0 Å². The molecule has 1 aromatic heterocycles. The molecule has 4 nitrogen and oxygen atoms in total. The Bertz CT molecular complexity index is 470. The van der Waals surface area contributed by atoms with Gasteiger partial charge in [-0.25, -0.2) is 4.98 Å². The zero-order valence-corrected chi connectivity index (χ0v) is 12.3. The molecule has 0 N–H and O–H groups in total. The zero-order valence-electron chi connectivity index (χ0n) is 10.7. The van der Waals surface area contributed by atoms with E-state index < -0.39 is 5.95 Å². The van der Waals surface area contributed by atoms with E-state index in [9.17, 15) is 9.18 Å². The number of carbonyl (C=O) groups excluding carboxylic acids is 1. The van der Waals surface area contributed by atoms with Crippen molar-refractivity contribution in [3.8, 4) is 0 Å². The fraction of sp³-hybridized carbons (Fsp3) is 0.538. The van der Waals surface area contributed by atoms with Gasteiger partial charge in [-0.1, -0.05) is 0 Å². The summed E-state index contributed by atoms with van der Waals surface area (Å²) < 4.78 is 18.6. The molecule has 2 heterocycles. The monoisotopic (exact) mass is 330 g/mol. The molecular formula is C13H16BrFN2O2. The van der Waals surface area contributed by atoms with E-state index in [4.69, 9.17) is 4.74 Å². The van der Waals surface area contributed by atoms with E-state index in [1.165, 1.54) is 12.3 Å². The Hall–Kier alpha value is -1.01. The first-order chi connectivity index (χ1) is 9.11. The fourth-order valence-corrected chi connectivity index (χ4v) is 2.51. The van der Waals surface area contributed by atoms with Crippen LogP contribution in [0.5, 0.6) is 0 Å². The number of hydrogen-bond acceptors (Lipinski definition) is 3. The van der Waals surface area contributed by atoms with Gasteiger partial charge in [0.25, 0.3) is 5.91 Å². The molecular weight excluding hydrogens is 315 g/mol. The third-order valence-electron chi connectivity index (χ3n) is 3.17. The summed E-state index contributed by atoms with van der Waals surface area (Å²) in [6.07, 6.45) is 2.22. The number of amides is 1. The first-order valence-corrected chi connectivity index (χ1v) is 7.09. The molecule has 0 radical (unpaired) electrons. The van der Waals surface area contributed by atoms with Crippen LogP contribution in [0.25, 0.3) is 0 Å². The maximum Gasteiger partial charge on any atom is 0.255 e. The summed E-state index contributed by atoms with van der Waals surface area (Å²) in [6.45, 7) is 4.74. The number of nitrogens with zero attached hydrogens (tertiary/aromatic N) is 2. The Morgan fingerprint density at radius 1 is 1.68 bits per heavy atom. The number of ether oxygens (including phenoxy) is 1. The molecule has 0 bridgehead atoms. The standard InChI is InChI=1S/C13H16BrFN2O2/c1-2-19-8-9-3-4-17(7-9)13(18)10-5-11(14)12(15)16-6-10/h5-6,9H,2-4,7-8H2,1H3/t9-/m1/s1. The van der Waals surface area contributed by atoms with E-state index >= 15 is 0 Å². The first kappa shape index (κ1) is 14.4. The van der Waals surface area contributed by atoms with Gasteiger partial charge in [-0.3, -0.25) is 4.79 Å². The SMILES string of the molecule is CCOC[C@@H]1CCN(C(=O)c2cnc(F)c(Br)c2)C1. The molecule has 0 saturated carbocycles. The van der Waals surface area contributed by atoms with Gasteiger partial charge in [0, 0.05) is 31.8 Å². The number of carbonyl (C=O) groups is 1. The van der Waals surface area contributed by atoms with Gasteiger partial charge < -0.3 is 9.64 Å². The normalized spacial score (nSPS) is 18.9. The fourth-order valence-electron chi connectivity index (χ4n) is 2.16. The van der Waals surface area contributed by atoms with Crippen molar-refractivity contribution in [2.75, 3.05) is 26.3 Å². The highest BCUT2D eigenvalue weighted by molar-refractivity contribution is 9.10. The Labute approximate surface area is 120 Å². The van der Waals surface area contributed by atoms with Crippen molar-refractivity contribution in [2.24, 2.45) is 5.92 Å². The predicted molar refractivity (Wildman–Crippen MR) is 72.4 cm³/mol. The van der Waals surface area contributed by atoms with Gasteiger partial charge in [0.15, 0.2) is 0 Å². The predicted octanol–water partition coefficient (Wildman–Crippen LogP) is 2.48.